The van der Waals surface area contributed by atoms with E-state index in [0.717, 1.165) is 42.1 Å². The molecule has 0 spiro atoms. The number of hydrogen-bond donors (Lipinski definition) is 3. The van der Waals surface area contributed by atoms with E-state index >= 15 is 0 Å². The lowest BCUT2D eigenvalue weighted by molar-refractivity contribution is -0.116. The molecule has 0 saturated heterocycles. The molecule has 0 atom stereocenters. The summed E-state index contributed by atoms with van der Waals surface area (Å²) in [5, 5.41) is 10.1. The number of hydrogen-bond acceptors (Lipinski definition) is 3. The minimum absolute atomic E-state index is 0. The monoisotopic (exact) mass is 413 g/mol. The summed E-state index contributed by atoms with van der Waals surface area (Å²) in [7, 11) is 1.92. The molecule has 4 aliphatic rings. The normalized spacial score (nSPS) is 30.2. The van der Waals surface area contributed by atoms with Crippen molar-refractivity contribution in [2.75, 3.05) is 24.2 Å². The Morgan fingerprint density at radius 2 is 1.56 bits per heavy atom. The first-order valence-corrected chi connectivity index (χ1v) is 9.97. The van der Waals surface area contributed by atoms with E-state index in [1.54, 1.807) is 0 Å². The first-order valence-electron chi connectivity index (χ1n) is 9.97. The van der Waals surface area contributed by atoms with Crippen molar-refractivity contribution < 1.29 is 4.79 Å². The van der Waals surface area contributed by atoms with Gasteiger partial charge in [0, 0.05) is 12.0 Å². The lowest BCUT2D eigenvalue weighted by Crippen LogP contribution is -2.54. The largest absolute Gasteiger partial charge is 0.378 e. The van der Waals surface area contributed by atoms with Gasteiger partial charge in [0.25, 0.3) is 0 Å². The lowest BCUT2D eigenvalue weighted by Gasteiger charge is -2.57. The highest BCUT2D eigenvalue weighted by Gasteiger charge is 2.51. The smallest absolute Gasteiger partial charge is 0.224 e. The molecule has 4 saturated carbocycles. The van der Waals surface area contributed by atoms with Crippen LogP contribution in [-0.4, -0.2) is 25.0 Å². The van der Waals surface area contributed by atoms with Crippen LogP contribution in [0.5, 0.6) is 0 Å². The quantitative estimate of drug-likeness (QED) is 0.559. The van der Waals surface area contributed by atoms with E-state index in [2.05, 4.69) is 28.1 Å². The van der Waals surface area contributed by atoms with Crippen molar-refractivity contribution in [1.29, 1.82) is 0 Å². The van der Waals surface area contributed by atoms with Crippen molar-refractivity contribution in [1.82, 2.24) is 5.32 Å². The van der Waals surface area contributed by atoms with Crippen molar-refractivity contribution in [3.63, 3.8) is 0 Å². The van der Waals surface area contributed by atoms with Gasteiger partial charge in [0.2, 0.25) is 5.91 Å². The fourth-order valence-corrected chi connectivity index (χ4v) is 5.89. The van der Waals surface area contributed by atoms with Gasteiger partial charge >= 0.3 is 0 Å². The molecule has 1 aromatic carbocycles. The van der Waals surface area contributed by atoms with Crippen LogP contribution in [-0.2, 0) is 4.79 Å². The van der Waals surface area contributed by atoms with Gasteiger partial charge in [-0.25, -0.2) is 0 Å². The predicted molar refractivity (Wildman–Crippen MR) is 117 cm³/mol. The summed E-state index contributed by atoms with van der Waals surface area (Å²) in [4.78, 5) is 12.2. The van der Waals surface area contributed by atoms with E-state index in [9.17, 15) is 4.79 Å². The van der Waals surface area contributed by atoms with Crippen molar-refractivity contribution in [2.45, 2.75) is 56.9 Å². The van der Waals surface area contributed by atoms with Gasteiger partial charge in [0.1, 0.15) is 0 Å². The summed E-state index contributed by atoms with van der Waals surface area (Å²) in [6.45, 7) is 0.876. The lowest BCUT2D eigenvalue weighted by atomic mass is 9.53. The maximum Gasteiger partial charge on any atom is 0.224 e. The summed E-state index contributed by atoms with van der Waals surface area (Å²) in [5.74, 6) is 2.86. The average Bonchev–Trinajstić information content (AvgIpc) is 2.55. The van der Waals surface area contributed by atoms with Gasteiger partial charge in [-0.1, -0.05) is 12.1 Å². The van der Waals surface area contributed by atoms with E-state index in [0.29, 0.717) is 6.42 Å². The zero-order valence-electron chi connectivity index (χ0n) is 16.1. The molecule has 0 aromatic heterocycles. The van der Waals surface area contributed by atoms with Gasteiger partial charge in [-0.3, -0.25) is 4.79 Å². The second kappa shape index (κ2) is 9.49. The third-order valence-corrected chi connectivity index (χ3v) is 6.47. The predicted octanol–water partition coefficient (Wildman–Crippen LogP) is 4.85. The molecule has 6 heteroatoms. The minimum Gasteiger partial charge on any atom is -0.378 e. The molecule has 4 nitrogen and oxygen atoms in total. The fourth-order valence-electron chi connectivity index (χ4n) is 5.89. The molecule has 0 unspecified atom stereocenters. The van der Waals surface area contributed by atoms with Crippen molar-refractivity contribution >= 4 is 42.1 Å². The van der Waals surface area contributed by atoms with E-state index in [4.69, 9.17) is 0 Å². The molecule has 152 valence electrons. The zero-order valence-corrected chi connectivity index (χ0v) is 17.8. The van der Waals surface area contributed by atoms with Gasteiger partial charge in [-0.05, 0) is 88.4 Å². The number of anilines is 2. The molecule has 0 aliphatic heterocycles. The molecule has 1 aromatic rings. The molecule has 4 fully saturated rings. The van der Waals surface area contributed by atoms with Gasteiger partial charge < -0.3 is 16.0 Å². The summed E-state index contributed by atoms with van der Waals surface area (Å²) in [5.41, 5.74) is 2.31. The molecule has 5 rings (SSSR count). The molecule has 27 heavy (non-hydrogen) atoms. The van der Waals surface area contributed by atoms with E-state index in [1.807, 2.05) is 19.2 Å². The van der Waals surface area contributed by atoms with Gasteiger partial charge in [-0.15, -0.1) is 24.8 Å². The standard InChI is InChI=1S/C21H31N3O.2ClH/c1-22-8-4-7-20(25)23-18-5-2-3-6-19(18)24-21-12-15-9-16(13-21)11-17(10-15)14-21;;/h2-3,5-6,15-17,22,24H,4,7-14H2,1H3,(H,23,25);2*1H. The Labute approximate surface area is 175 Å². The van der Waals surface area contributed by atoms with E-state index in [1.165, 1.54) is 38.5 Å². The Bertz CT molecular complexity index is 602. The van der Waals surface area contributed by atoms with Crippen LogP contribution < -0.4 is 16.0 Å². The third-order valence-electron chi connectivity index (χ3n) is 6.47. The summed E-state index contributed by atoms with van der Waals surface area (Å²) < 4.78 is 0. The summed E-state index contributed by atoms with van der Waals surface area (Å²) in [6.07, 6.45) is 9.70. The zero-order chi connectivity index (χ0) is 17.3. The number of carbonyl (C=O) groups is 1. The Kier molecular flexibility index (Phi) is 7.84. The molecule has 4 bridgehead atoms. The Morgan fingerprint density at radius 1 is 1.00 bits per heavy atom. The third kappa shape index (κ3) is 5.10. The Hall–Kier alpha value is -0.970. The number of amides is 1. The second-order valence-corrected chi connectivity index (χ2v) is 8.62. The van der Waals surface area contributed by atoms with E-state index in [-0.39, 0.29) is 36.3 Å². The molecule has 0 radical (unpaired) electrons. The fraction of sp³-hybridized carbons (Fsp3) is 0.667. The maximum atomic E-state index is 12.2. The van der Waals surface area contributed by atoms with Gasteiger partial charge in [0.05, 0.1) is 11.4 Å². The number of nitrogens with one attached hydrogen (secondary N) is 3. The van der Waals surface area contributed by atoms with Crippen molar-refractivity contribution in [3.8, 4) is 0 Å². The van der Waals surface area contributed by atoms with Crippen molar-refractivity contribution in [2.24, 2.45) is 17.8 Å². The van der Waals surface area contributed by atoms with E-state index < -0.39 is 0 Å². The van der Waals surface area contributed by atoms with Crippen LogP contribution in [0.3, 0.4) is 0 Å². The highest BCUT2D eigenvalue weighted by atomic mass is 35.5. The first-order chi connectivity index (χ1) is 12.2. The second-order valence-electron chi connectivity index (χ2n) is 8.62. The Balaban J connectivity index is 0.00000131. The molecule has 4 aliphatic carbocycles. The molecular weight excluding hydrogens is 381 g/mol. The molecular formula is C21H33Cl2N3O. The van der Waals surface area contributed by atoms with Gasteiger partial charge in [0.15, 0.2) is 0 Å². The van der Waals surface area contributed by atoms with Gasteiger partial charge in [-0.2, -0.15) is 0 Å². The minimum atomic E-state index is 0. The van der Waals surface area contributed by atoms with Crippen LogP contribution >= 0.6 is 24.8 Å². The maximum absolute atomic E-state index is 12.2. The van der Waals surface area contributed by atoms with Crippen LogP contribution in [0.25, 0.3) is 0 Å². The molecule has 1 amide bonds. The number of carbonyl (C=O) groups excluding carboxylic acids is 1. The molecule has 0 heterocycles. The SMILES string of the molecule is CNCCCC(=O)Nc1ccccc1NC12CC3CC(CC(C3)C1)C2.Cl.Cl. The summed E-state index contributed by atoms with van der Waals surface area (Å²) in [6, 6.07) is 8.23. The van der Waals surface area contributed by atoms with Crippen LogP contribution in [0.4, 0.5) is 11.4 Å². The first kappa shape index (κ1) is 22.3. The number of rotatable bonds is 7. The number of para-hydroxylation sites is 2. The highest BCUT2D eigenvalue weighted by Crippen LogP contribution is 2.56. The number of benzene rings is 1. The average molecular weight is 414 g/mol. The Morgan fingerprint density at radius 3 is 2.11 bits per heavy atom. The van der Waals surface area contributed by atoms with Crippen molar-refractivity contribution in [3.05, 3.63) is 24.3 Å². The van der Waals surface area contributed by atoms with Crippen LogP contribution in [0.1, 0.15) is 51.4 Å². The summed E-state index contributed by atoms with van der Waals surface area (Å²) >= 11 is 0. The highest BCUT2D eigenvalue weighted by molar-refractivity contribution is 5.94. The topological polar surface area (TPSA) is 53.2 Å². The number of halogens is 2. The molecule has 3 N–H and O–H groups in total. The van der Waals surface area contributed by atoms with Crippen LogP contribution in [0.15, 0.2) is 24.3 Å². The van der Waals surface area contributed by atoms with Crippen LogP contribution in [0.2, 0.25) is 0 Å². The van der Waals surface area contributed by atoms with Crippen LogP contribution in [0, 0.1) is 17.8 Å².